The molecule has 0 bridgehead atoms. The highest BCUT2D eigenvalue weighted by atomic mass is 35.5. The molecule has 0 radical (unpaired) electrons. The van der Waals surface area contributed by atoms with Gasteiger partial charge in [0.25, 0.3) is 0 Å². The van der Waals surface area contributed by atoms with E-state index in [4.69, 9.17) is 25.8 Å². The Morgan fingerprint density at radius 1 is 1.18 bits per heavy atom. The number of fused-ring (bicyclic) bond motifs is 2. The molecule has 0 saturated carbocycles. The number of carbonyl (C=O) groups is 1. The molecule has 178 valence electrons. The lowest BCUT2D eigenvalue weighted by molar-refractivity contribution is -0.156. The number of hydrogen-bond donors (Lipinski definition) is 0. The molecule has 0 N–H and O–H groups in total. The molecule has 1 fully saturated rings. The first-order chi connectivity index (χ1) is 15.7. The molecule has 2 aromatic rings. The number of likely N-dealkylation sites (tertiary alicyclic amines) is 1. The third-order valence-corrected chi connectivity index (χ3v) is 6.95. The summed E-state index contributed by atoms with van der Waals surface area (Å²) >= 11 is 6.40. The average Bonchev–Trinajstić information content (AvgIpc) is 3.10. The predicted octanol–water partition coefficient (Wildman–Crippen LogP) is 5.55. The maximum atomic E-state index is 12.2. The molecular formula is C27H34ClNO4. The topological polar surface area (TPSA) is 48.0 Å². The fourth-order valence-corrected chi connectivity index (χ4v) is 5.05. The zero-order valence-electron chi connectivity index (χ0n) is 20.1. The molecule has 0 atom stereocenters. The average molecular weight is 472 g/mol. The predicted molar refractivity (Wildman–Crippen MR) is 130 cm³/mol. The summed E-state index contributed by atoms with van der Waals surface area (Å²) in [5.74, 6) is 1.53. The van der Waals surface area contributed by atoms with Crippen molar-refractivity contribution >= 4 is 17.6 Å². The van der Waals surface area contributed by atoms with Gasteiger partial charge in [-0.15, -0.1) is 0 Å². The number of benzene rings is 2. The monoisotopic (exact) mass is 471 g/mol. The van der Waals surface area contributed by atoms with Crippen LogP contribution in [-0.2, 0) is 28.0 Å². The number of halogens is 1. The number of carbonyl (C=O) groups excluding carboxylic acids is 1. The molecule has 33 heavy (non-hydrogen) atoms. The molecular weight excluding hydrogens is 438 g/mol. The van der Waals surface area contributed by atoms with Crippen LogP contribution in [0.3, 0.4) is 0 Å². The van der Waals surface area contributed by atoms with E-state index in [-0.39, 0.29) is 11.4 Å². The third kappa shape index (κ3) is 5.47. The Bertz CT molecular complexity index is 1010. The van der Waals surface area contributed by atoms with Crippen LogP contribution in [0, 0.1) is 0 Å². The Kier molecular flexibility index (Phi) is 6.92. The number of piperidine rings is 1. The summed E-state index contributed by atoms with van der Waals surface area (Å²) in [6.07, 6.45) is 2.84. The molecule has 6 heteroatoms. The summed E-state index contributed by atoms with van der Waals surface area (Å²) < 4.78 is 17.7. The van der Waals surface area contributed by atoms with Gasteiger partial charge in [-0.25, -0.2) is 0 Å². The zero-order chi connectivity index (χ0) is 23.6. The fraction of sp³-hybridized carbons (Fsp3) is 0.519. The van der Waals surface area contributed by atoms with Gasteiger partial charge in [-0.3, -0.25) is 9.69 Å². The van der Waals surface area contributed by atoms with Crippen LogP contribution in [0.4, 0.5) is 0 Å². The van der Waals surface area contributed by atoms with Crippen molar-refractivity contribution < 1.29 is 19.0 Å². The quantitative estimate of drug-likeness (QED) is 0.517. The van der Waals surface area contributed by atoms with Crippen LogP contribution in [0.2, 0.25) is 5.02 Å². The standard InChI is InChI=1S/C27H34ClNO4/c1-5-19-7-6-8-23(28)21(19)17-31-20-9-10-22-24(15-20)32-18-27(22)11-13-29(14-12-27)16-25(30)33-26(2,3)4/h6-10,15H,5,11-14,16-18H2,1-4H3. The third-order valence-electron chi connectivity index (χ3n) is 6.59. The van der Waals surface area contributed by atoms with Crippen molar-refractivity contribution in [2.45, 2.75) is 64.6 Å². The molecule has 2 aliphatic heterocycles. The Morgan fingerprint density at radius 2 is 1.94 bits per heavy atom. The smallest absolute Gasteiger partial charge is 0.320 e. The van der Waals surface area contributed by atoms with E-state index >= 15 is 0 Å². The van der Waals surface area contributed by atoms with Crippen LogP contribution in [0.5, 0.6) is 11.5 Å². The first-order valence-electron chi connectivity index (χ1n) is 11.8. The number of ether oxygens (including phenoxy) is 3. The molecule has 2 heterocycles. The SMILES string of the molecule is CCc1cccc(Cl)c1COc1ccc2c(c1)OCC21CCN(CC(=O)OC(C)(C)C)CC1. The Morgan fingerprint density at radius 3 is 2.64 bits per heavy atom. The van der Waals surface area contributed by atoms with Crippen LogP contribution >= 0.6 is 11.6 Å². The second kappa shape index (κ2) is 9.55. The van der Waals surface area contributed by atoms with Gasteiger partial charge in [-0.1, -0.05) is 36.7 Å². The number of esters is 1. The van der Waals surface area contributed by atoms with Gasteiger partial charge in [0.2, 0.25) is 0 Å². The summed E-state index contributed by atoms with van der Waals surface area (Å²) in [6, 6.07) is 12.2. The van der Waals surface area contributed by atoms with Crippen molar-refractivity contribution in [1.82, 2.24) is 4.90 Å². The van der Waals surface area contributed by atoms with Gasteiger partial charge in [0.15, 0.2) is 0 Å². The molecule has 1 saturated heterocycles. The highest BCUT2D eigenvalue weighted by molar-refractivity contribution is 6.31. The normalized spacial score (nSPS) is 17.5. The minimum absolute atomic E-state index is 0.0103. The first kappa shape index (κ1) is 23.9. The molecule has 0 amide bonds. The highest BCUT2D eigenvalue weighted by Crippen LogP contribution is 2.46. The summed E-state index contributed by atoms with van der Waals surface area (Å²) in [5.41, 5.74) is 3.06. The van der Waals surface area contributed by atoms with E-state index in [9.17, 15) is 4.79 Å². The van der Waals surface area contributed by atoms with E-state index in [1.807, 2.05) is 45.0 Å². The van der Waals surface area contributed by atoms with Crippen LogP contribution in [-0.4, -0.2) is 42.7 Å². The van der Waals surface area contributed by atoms with E-state index in [0.717, 1.165) is 54.4 Å². The summed E-state index contributed by atoms with van der Waals surface area (Å²) in [6.45, 7) is 11.0. The van der Waals surface area contributed by atoms with E-state index in [0.29, 0.717) is 19.8 Å². The number of aryl methyl sites for hydroxylation is 1. The molecule has 2 aliphatic rings. The molecule has 4 rings (SSSR count). The van der Waals surface area contributed by atoms with Gasteiger partial charge in [0, 0.05) is 27.6 Å². The van der Waals surface area contributed by atoms with Crippen LogP contribution in [0.1, 0.15) is 57.2 Å². The first-order valence-corrected chi connectivity index (χ1v) is 12.2. The second-order valence-corrected chi connectivity index (χ2v) is 10.5. The lowest BCUT2D eigenvalue weighted by Gasteiger charge is -2.38. The molecule has 2 aromatic carbocycles. The van der Waals surface area contributed by atoms with Crippen molar-refractivity contribution in [3.05, 3.63) is 58.1 Å². The van der Waals surface area contributed by atoms with Crippen LogP contribution in [0.15, 0.2) is 36.4 Å². The van der Waals surface area contributed by atoms with Gasteiger partial charge in [0.05, 0.1) is 13.2 Å². The minimum atomic E-state index is -0.448. The Labute approximate surface area is 202 Å². The van der Waals surface area contributed by atoms with Crippen LogP contribution in [0.25, 0.3) is 0 Å². The maximum Gasteiger partial charge on any atom is 0.320 e. The summed E-state index contributed by atoms with van der Waals surface area (Å²) in [5, 5.41) is 0.740. The van der Waals surface area contributed by atoms with E-state index in [1.165, 1.54) is 11.1 Å². The maximum absolute atomic E-state index is 12.2. The van der Waals surface area contributed by atoms with E-state index in [1.54, 1.807) is 0 Å². The van der Waals surface area contributed by atoms with Gasteiger partial charge < -0.3 is 14.2 Å². The largest absolute Gasteiger partial charge is 0.492 e. The molecule has 5 nitrogen and oxygen atoms in total. The summed E-state index contributed by atoms with van der Waals surface area (Å²) in [4.78, 5) is 14.4. The molecule has 0 unspecified atom stereocenters. The van der Waals surface area contributed by atoms with E-state index < -0.39 is 5.60 Å². The number of hydrogen-bond acceptors (Lipinski definition) is 5. The Hall–Kier alpha value is -2.24. The lowest BCUT2D eigenvalue weighted by Crippen LogP contribution is -2.46. The molecule has 1 spiro atoms. The van der Waals surface area contributed by atoms with Gasteiger partial charge in [-0.05, 0) is 70.8 Å². The lowest BCUT2D eigenvalue weighted by atomic mass is 9.74. The number of nitrogens with zero attached hydrogens (tertiary/aromatic N) is 1. The van der Waals surface area contributed by atoms with Crippen molar-refractivity contribution in [2.24, 2.45) is 0 Å². The Balaban J connectivity index is 1.38. The van der Waals surface area contributed by atoms with E-state index in [2.05, 4.69) is 24.0 Å². The summed E-state index contributed by atoms with van der Waals surface area (Å²) in [7, 11) is 0. The van der Waals surface area contributed by atoms with Gasteiger partial charge in [-0.2, -0.15) is 0 Å². The minimum Gasteiger partial charge on any atom is -0.492 e. The van der Waals surface area contributed by atoms with Crippen molar-refractivity contribution in [3.8, 4) is 11.5 Å². The number of rotatable bonds is 6. The van der Waals surface area contributed by atoms with Gasteiger partial charge in [0.1, 0.15) is 23.7 Å². The molecule has 0 aliphatic carbocycles. The van der Waals surface area contributed by atoms with Gasteiger partial charge >= 0.3 is 5.97 Å². The highest BCUT2D eigenvalue weighted by Gasteiger charge is 2.43. The second-order valence-electron chi connectivity index (χ2n) is 10.1. The van der Waals surface area contributed by atoms with Crippen LogP contribution < -0.4 is 9.47 Å². The van der Waals surface area contributed by atoms with Crippen molar-refractivity contribution in [2.75, 3.05) is 26.2 Å². The fourth-order valence-electron chi connectivity index (χ4n) is 4.80. The van der Waals surface area contributed by atoms with Crippen molar-refractivity contribution in [3.63, 3.8) is 0 Å². The van der Waals surface area contributed by atoms with Crippen molar-refractivity contribution in [1.29, 1.82) is 0 Å². The zero-order valence-corrected chi connectivity index (χ0v) is 20.8. The molecule has 0 aromatic heterocycles.